The second-order valence-corrected chi connectivity index (χ2v) is 5.46. The Kier molecular flexibility index (Phi) is 5.70. The topological polar surface area (TPSA) is 101 Å². The van der Waals surface area contributed by atoms with Crippen LogP contribution in [0, 0.1) is 10.1 Å². The number of carbonyl (C=O) groups excluding carboxylic acids is 2. The van der Waals surface area contributed by atoms with Crippen LogP contribution in [0.25, 0.3) is 0 Å². The Morgan fingerprint density at radius 2 is 1.65 bits per heavy atom. The van der Waals surface area contributed by atoms with Gasteiger partial charge in [-0.1, -0.05) is 18.2 Å². The zero-order valence-corrected chi connectivity index (χ0v) is 12.7. The van der Waals surface area contributed by atoms with Crippen molar-refractivity contribution in [3.05, 3.63) is 70.3 Å². The summed E-state index contributed by atoms with van der Waals surface area (Å²) in [5.74, 6) is -0.704. The van der Waals surface area contributed by atoms with E-state index in [0.29, 0.717) is 5.56 Å². The van der Waals surface area contributed by atoms with Gasteiger partial charge in [-0.2, -0.15) is 0 Å². The third kappa shape index (κ3) is 5.11. The number of rotatable bonds is 5. The minimum absolute atomic E-state index is 0.00562. The fourth-order valence-corrected chi connectivity index (χ4v) is 2.34. The first-order valence-electron chi connectivity index (χ1n) is 6.58. The van der Waals surface area contributed by atoms with Gasteiger partial charge in [0.05, 0.1) is 10.7 Å². The van der Waals surface area contributed by atoms with E-state index in [2.05, 4.69) is 10.9 Å². The molecule has 0 unspecified atom stereocenters. The number of hydrogen-bond acceptors (Lipinski definition) is 5. The average Bonchev–Trinajstić information content (AvgIpc) is 2.59. The maximum atomic E-state index is 11.7. The summed E-state index contributed by atoms with van der Waals surface area (Å²) in [6.07, 6.45) is 0. The molecular weight excluding hydrogens is 318 g/mol. The molecular formula is C15H13N3O4S. The Labute approximate surface area is 136 Å². The van der Waals surface area contributed by atoms with Crippen LogP contribution in [0.4, 0.5) is 5.69 Å². The van der Waals surface area contributed by atoms with Crippen molar-refractivity contribution in [1.29, 1.82) is 0 Å². The first-order valence-corrected chi connectivity index (χ1v) is 7.56. The Hall–Kier alpha value is -2.87. The highest BCUT2D eigenvalue weighted by atomic mass is 32.2. The van der Waals surface area contributed by atoms with Crippen LogP contribution < -0.4 is 10.9 Å². The van der Waals surface area contributed by atoms with E-state index < -0.39 is 10.8 Å². The van der Waals surface area contributed by atoms with Crippen LogP contribution in [0.3, 0.4) is 0 Å². The van der Waals surface area contributed by atoms with Crippen molar-refractivity contribution < 1.29 is 14.5 Å². The molecule has 0 radical (unpaired) electrons. The normalized spacial score (nSPS) is 9.91. The molecule has 0 heterocycles. The fourth-order valence-electron chi connectivity index (χ4n) is 1.64. The lowest BCUT2D eigenvalue weighted by atomic mass is 10.2. The molecule has 0 atom stereocenters. The van der Waals surface area contributed by atoms with Crippen LogP contribution in [0.5, 0.6) is 0 Å². The number of nitro benzene ring substituents is 1. The first kappa shape index (κ1) is 16.5. The Bertz CT molecular complexity index is 704. The van der Waals surface area contributed by atoms with Gasteiger partial charge >= 0.3 is 0 Å². The lowest BCUT2D eigenvalue weighted by Gasteiger charge is -2.07. The van der Waals surface area contributed by atoms with Crippen LogP contribution in [0.2, 0.25) is 0 Å². The van der Waals surface area contributed by atoms with Gasteiger partial charge in [0.25, 0.3) is 11.6 Å². The van der Waals surface area contributed by atoms with Gasteiger partial charge in [-0.05, 0) is 24.3 Å². The number of benzene rings is 2. The van der Waals surface area contributed by atoms with Crippen LogP contribution in [0.1, 0.15) is 10.4 Å². The van der Waals surface area contributed by atoms with Crippen LogP contribution in [-0.2, 0) is 4.79 Å². The molecule has 2 aromatic carbocycles. The van der Waals surface area contributed by atoms with Crippen molar-refractivity contribution in [2.45, 2.75) is 4.90 Å². The highest BCUT2D eigenvalue weighted by Crippen LogP contribution is 2.20. The molecule has 2 N–H and O–H groups in total. The average molecular weight is 331 g/mol. The third-order valence-corrected chi connectivity index (χ3v) is 3.78. The maximum absolute atomic E-state index is 11.7. The molecule has 0 aromatic heterocycles. The zero-order chi connectivity index (χ0) is 16.7. The van der Waals surface area contributed by atoms with Crippen LogP contribution >= 0.6 is 11.8 Å². The van der Waals surface area contributed by atoms with Crippen molar-refractivity contribution in [3.63, 3.8) is 0 Å². The lowest BCUT2D eigenvalue weighted by molar-refractivity contribution is -0.384. The molecule has 2 aromatic rings. The van der Waals surface area contributed by atoms with Gasteiger partial charge in [0.2, 0.25) is 5.91 Å². The van der Waals surface area contributed by atoms with E-state index >= 15 is 0 Å². The summed E-state index contributed by atoms with van der Waals surface area (Å²) in [6.45, 7) is 0. The van der Waals surface area contributed by atoms with Gasteiger partial charge in [0, 0.05) is 22.6 Å². The molecule has 2 amide bonds. The summed E-state index contributed by atoms with van der Waals surface area (Å²) >= 11 is 1.21. The molecule has 0 spiro atoms. The minimum Gasteiger partial charge on any atom is -0.272 e. The smallest absolute Gasteiger partial charge is 0.269 e. The number of thioether (sulfide) groups is 1. The standard InChI is InChI=1S/C15H13N3O4S/c19-14(16-17-15(20)11-4-2-1-3-5-11)10-23-13-8-6-12(7-9-13)18(21)22/h1-9H,10H2,(H,16,19)(H,17,20). The third-order valence-electron chi connectivity index (χ3n) is 2.77. The molecule has 0 saturated heterocycles. The lowest BCUT2D eigenvalue weighted by Crippen LogP contribution is -2.42. The summed E-state index contributed by atoms with van der Waals surface area (Å²) in [5, 5.41) is 10.5. The number of hydrogen-bond donors (Lipinski definition) is 2. The van der Waals surface area contributed by atoms with Gasteiger partial charge in [-0.25, -0.2) is 0 Å². The highest BCUT2D eigenvalue weighted by molar-refractivity contribution is 8.00. The van der Waals surface area contributed by atoms with Gasteiger partial charge in [0.1, 0.15) is 0 Å². The molecule has 23 heavy (non-hydrogen) atoms. The number of non-ortho nitro benzene ring substituents is 1. The molecule has 0 aliphatic rings. The number of nitrogens with zero attached hydrogens (tertiary/aromatic N) is 1. The molecule has 0 saturated carbocycles. The predicted molar refractivity (Wildman–Crippen MR) is 85.9 cm³/mol. The minimum atomic E-state index is -0.486. The maximum Gasteiger partial charge on any atom is 0.269 e. The van der Waals surface area contributed by atoms with E-state index in [1.54, 1.807) is 42.5 Å². The molecule has 7 nitrogen and oxygen atoms in total. The largest absolute Gasteiger partial charge is 0.272 e. The van der Waals surface area contributed by atoms with Crippen molar-refractivity contribution in [2.24, 2.45) is 0 Å². The molecule has 0 fully saturated rings. The summed E-state index contributed by atoms with van der Waals surface area (Å²) in [5.41, 5.74) is 5.07. The number of amides is 2. The Balaban J connectivity index is 1.77. The van der Waals surface area contributed by atoms with E-state index in [1.807, 2.05) is 0 Å². The second-order valence-electron chi connectivity index (χ2n) is 4.41. The number of nitro groups is 1. The Morgan fingerprint density at radius 3 is 2.26 bits per heavy atom. The molecule has 8 heteroatoms. The fraction of sp³-hybridized carbons (Fsp3) is 0.0667. The zero-order valence-electron chi connectivity index (χ0n) is 11.9. The molecule has 118 valence electrons. The summed E-state index contributed by atoms with van der Waals surface area (Å²) in [4.78, 5) is 34.2. The Morgan fingerprint density at radius 1 is 1.00 bits per heavy atom. The van der Waals surface area contributed by atoms with Crippen molar-refractivity contribution in [3.8, 4) is 0 Å². The summed E-state index contributed by atoms with van der Waals surface area (Å²) in [7, 11) is 0. The van der Waals surface area contributed by atoms with Crippen molar-refractivity contribution in [2.75, 3.05) is 5.75 Å². The SMILES string of the molecule is O=C(CSc1ccc([N+](=O)[O-])cc1)NNC(=O)c1ccccc1. The van der Waals surface area contributed by atoms with Gasteiger partial charge < -0.3 is 0 Å². The monoisotopic (exact) mass is 331 g/mol. The van der Waals surface area contributed by atoms with E-state index in [1.165, 1.54) is 23.9 Å². The molecule has 0 bridgehead atoms. The summed E-state index contributed by atoms with van der Waals surface area (Å²) in [6, 6.07) is 14.4. The quantitative estimate of drug-likeness (QED) is 0.496. The summed E-state index contributed by atoms with van der Waals surface area (Å²) < 4.78 is 0. The predicted octanol–water partition coefficient (Wildman–Crippen LogP) is 2.15. The van der Waals surface area contributed by atoms with E-state index in [4.69, 9.17) is 0 Å². The van der Waals surface area contributed by atoms with E-state index in [9.17, 15) is 19.7 Å². The van der Waals surface area contributed by atoms with Gasteiger partial charge in [-0.15, -0.1) is 11.8 Å². The molecule has 2 rings (SSSR count). The van der Waals surface area contributed by atoms with Crippen molar-refractivity contribution >= 4 is 29.3 Å². The first-order chi connectivity index (χ1) is 11.1. The van der Waals surface area contributed by atoms with Crippen molar-refractivity contribution in [1.82, 2.24) is 10.9 Å². The highest BCUT2D eigenvalue weighted by Gasteiger charge is 2.08. The number of nitrogens with one attached hydrogen (secondary N) is 2. The second kappa shape index (κ2) is 7.95. The van der Waals surface area contributed by atoms with Crippen LogP contribution in [-0.4, -0.2) is 22.5 Å². The molecule has 0 aliphatic carbocycles. The van der Waals surface area contributed by atoms with Gasteiger partial charge in [-0.3, -0.25) is 30.6 Å². The van der Waals surface area contributed by atoms with E-state index in [-0.39, 0.29) is 17.3 Å². The van der Waals surface area contributed by atoms with E-state index in [0.717, 1.165) is 4.90 Å². The number of hydrazine groups is 1. The van der Waals surface area contributed by atoms with Gasteiger partial charge in [0.15, 0.2) is 0 Å². The number of carbonyl (C=O) groups is 2. The van der Waals surface area contributed by atoms with Crippen LogP contribution in [0.15, 0.2) is 59.5 Å². The molecule has 0 aliphatic heterocycles.